The van der Waals surface area contributed by atoms with Crippen LogP contribution in [0, 0.1) is 19.8 Å². The Morgan fingerprint density at radius 3 is 2.58 bits per heavy atom. The molecular weight excluding hydrogens is 346 g/mol. The number of hydrogen-bond donors (Lipinski definition) is 2. The maximum absolute atomic E-state index is 5.51. The van der Waals surface area contributed by atoms with Crippen molar-refractivity contribution in [2.75, 3.05) is 46.4 Å². The Balaban J connectivity index is 1.80. The van der Waals surface area contributed by atoms with E-state index in [0.717, 1.165) is 62.5 Å². The molecule has 1 fully saturated rings. The second-order valence-corrected chi connectivity index (χ2v) is 8.59. The van der Waals surface area contributed by atoms with Crippen LogP contribution in [0.3, 0.4) is 0 Å². The molecule has 0 spiro atoms. The molecule has 1 atom stereocenters. The standard InChI is InChI=1S/C19H35N5OS/c1-14(2)12-17(24-8-10-25-11-9-24)13-22-19(20-5)21-7-6-18-15(3)23-16(4)26-18/h14,17H,6-13H2,1-5H3,(H2,20,21,22). The molecule has 1 aromatic heterocycles. The number of morpholine rings is 1. The van der Waals surface area contributed by atoms with Crippen LogP contribution < -0.4 is 10.6 Å². The predicted molar refractivity (Wildman–Crippen MR) is 110 cm³/mol. The van der Waals surface area contributed by atoms with Gasteiger partial charge in [0.1, 0.15) is 0 Å². The van der Waals surface area contributed by atoms with Crippen molar-refractivity contribution in [2.24, 2.45) is 10.9 Å². The van der Waals surface area contributed by atoms with Crippen LogP contribution in [-0.2, 0) is 11.2 Å². The average molecular weight is 382 g/mol. The number of thiazole rings is 1. The summed E-state index contributed by atoms with van der Waals surface area (Å²) in [5, 5.41) is 8.10. The van der Waals surface area contributed by atoms with Crippen LogP contribution in [0.25, 0.3) is 0 Å². The summed E-state index contributed by atoms with van der Waals surface area (Å²) in [6.45, 7) is 14.2. The van der Waals surface area contributed by atoms with Crippen molar-refractivity contribution in [2.45, 2.75) is 46.6 Å². The van der Waals surface area contributed by atoms with Gasteiger partial charge in [-0.05, 0) is 26.2 Å². The Labute approximate surface area is 162 Å². The first-order valence-corrected chi connectivity index (χ1v) is 10.5. The SMILES string of the molecule is CN=C(NCCc1sc(C)nc1C)NCC(CC(C)C)N1CCOCC1. The Morgan fingerprint density at radius 1 is 1.27 bits per heavy atom. The summed E-state index contributed by atoms with van der Waals surface area (Å²) in [7, 11) is 1.84. The molecule has 0 bridgehead atoms. The number of ether oxygens (including phenoxy) is 1. The molecule has 7 heteroatoms. The first kappa shape index (κ1) is 21.1. The number of hydrogen-bond acceptors (Lipinski definition) is 5. The van der Waals surface area contributed by atoms with Crippen molar-refractivity contribution < 1.29 is 4.74 Å². The van der Waals surface area contributed by atoms with Gasteiger partial charge in [-0.25, -0.2) is 4.98 Å². The van der Waals surface area contributed by atoms with Crippen molar-refractivity contribution in [1.82, 2.24) is 20.5 Å². The second-order valence-electron chi connectivity index (χ2n) is 7.30. The maximum atomic E-state index is 5.51. The number of guanidine groups is 1. The van der Waals surface area contributed by atoms with E-state index in [9.17, 15) is 0 Å². The van der Waals surface area contributed by atoms with Gasteiger partial charge in [-0.3, -0.25) is 9.89 Å². The molecule has 0 saturated carbocycles. The number of rotatable bonds is 8. The van der Waals surface area contributed by atoms with Gasteiger partial charge in [0.25, 0.3) is 0 Å². The van der Waals surface area contributed by atoms with Gasteiger partial charge in [-0.15, -0.1) is 11.3 Å². The van der Waals surface area contributed by atoms with Crippen LogP contribution in [0.4, 0.5) is 0 Å². The van der Waals surface area contributed by atoms with Crippen LogP contribution in [0.5, 0.6) is 0 Å². The molecule has 6 nitrogen and oxygen atoms in total. The molecule has 1 unspecified atom stereocenters. The average Bonchev–Trinajstić information content (AvgIpc) is 2.94. The summed E-state index contributed by atoms with van der Waals surface area (Å²) in [5.74, 6) is 1.56. The van der Waals surface area contributed by atoms with E-state index in [1.807, 2.05) is 7.05 Å². The molecular formula is C19H35N5OS. The highest BCUT2D eigenvalue weighted by Gasteiger charge is 2.22. The Bertz CT molecular complexity index is 566. The lowest BCUT2D eigenvalue weighted by Crippen LogP contribution is -2.51. The molecule has 1 aliphatic heterocycles. The lowest BCUT2D eigenvalue weighted by molar-refractivity contribution is 0.0132. The third-order valence-corrected chi connectivity index (χ3v) is 5.81. The number of aromatic nitrogens is 1. The van der Waals surface area contributed by atoms with E-state index in [1.165, 1.54) is 11.3 Å². The van der Waals surface area contributed by atoms with E-state index in [4.69, 9.17) is 4.74 Å². The van der Waals surface area contributed by atoms with E-state index >= 15 is 0 Å². The normalized spacial score (nSPS) is 17.5. The fraction of sp³-hybridized carbons (Fsp3) is 0.789. The highest BCUT2D eigenvalue weighted by molar-refractivity contribution is 7.11. The van der Waals surface area contributed by atoms with Gasteiger partial charge in [0.05, 0.1) is 23.9 Å². The summed E-state index contributed by atoms with van der Waals surface area (Å²) >= 11 is 1.79. The van der Waals surface area contributed by atoms with Gasteiger partial charge in [0.15, 0.2) is 5.96 Å². The van der Waals surface area contributed by atoms with Crippen molar-refractivity contribution in [3.63, 3.8) is 0 Å². The second kappa shape index (κ2) is 10.8. The van der Waals surface area contributed by atoms with Crippen LogP contribution in [-0.4, -0.2) is 68.3 Å². The van der Waals surface area contributed by atoms with Gasteiger partial charge >= 0.3 is 0 Å². The molecule has 2 N–H and O–H groups in total. The fourth-order valence-corrected chi connectivity index (χ4v) is 4.32. The zero-order valence-electron chi connectivity index (χ0n) is 17.0. The molecule has 1 saturated heterocycles. The number of aliphatic imine (C=N–C) groups is 1. The van der Waals surface area contributed by atoms with Crippen molar-refractivity contribution >= 4 is 17.3 Å². The quantitative estimate of drug-likeness (QED) is 0.534. The Hall–Kier alpha value is -1.18. The van der Waals surface area contributed by atoms with E-state index in [2.05, 4.69) is 53.2 Å². The molecule has 0 aromatic carbocycles. The third kappa shape index (κ3) is 6.85. The first-order chi connectivity index (χ1) is 12.5. The fourth-order valence-electron chi connectivity index (χ4n) is 3.38. The zero-order chi connectivity index (χ0) is 18.9. The first-order valence-electron chi connectivity index (χ1n) is 9.68. The summed E-state index contributed by atoms with van der Waals surface area (Å²) in [6, 6.07) is 0.517. The van der Waals surface area contributed by atoms with Gasteiger partial charge in [-0.1, -0.05) is 13.8 Å². The van der Waals surface area contributed by atoms with E-state index < -0.39 is 0 Å². The molecule has 2 rings (SSSR count). The minimum Gasteiger partial charge on any atom is -0.379 e. The van der Waals surface area contributed by atoms with E-state index in [0.29, 0.717) is 12.0 Å². The molecule has 2 heterocycles. The summed E-state index contributed by atoms with van der Waals surface area (Å²) in [6.07, 6.45) is 2.17. The molecule has 1 aromatic rings. The van der Waals surface area contributed by atoms with Crippen LogP contribution in [0.15, 0.2) is 4.99 Å². The van der Waals surface area contributed by atoms with Crippen molar-refractivity contribution in [3.8, 4) is 0 Å². The monoisotopic (exact) mass is 381 g/mol. The molecule has 148 valence electrons. The minimum absolute atomic E-state index is 0.517. The molecule has 26 heavy (non-hydrogen) atoms. The lowest BCUT2D eigenvalue weighted by Gasteiger charge is -2.35. The number of nitrogens with one attached hydrogen (secondary N) is 2. The Kier molecular flexibility index (Phi) is 8.81. The third-order valence-electron chi connectivity index (χ3n) is 4.68. The largest absolute Gasteiger partial charge is 0.379 e. The van der Waals surface area contributed by atoms with Crippen LogP contribution in [0.1, 0.15) is 35.8 Å². The molecule has 0 amide bonds. The van der Waals surface area contributed by atoms with Gasteiger partial charge in [0.2, 0.25) is 0 Å². The lowest BCUT2D eigenvalue weighted by atomic mass is 10.0. The zero-order valence-corrected chi connectivity index (χ0v) is 17.8. The summed E-state index contributed by atoms with van der Waals surface area (Å²) in [5.41, 5.74) is 1.15. The molecule has 1 aliphatic rings. The molecule has 0 radical (unpaired) electrons. The van der Waals surface area contributed by atoms with Gasteiger partial charge in [-0.2, -0.15) is 0 Å². The molecule has 0 aliphatic carbocycles. The predicted octanol–water partition coefficient (Wildman–Crippen LogP) is 2.21. The summed E-state index contributed by atoms with van der Waals surface area (Å²) in [4.78, 5) is 12.8. The highest BCUT2D eigenvalue weighted by atomic mass is 32.1. The van der Waals surface area contributed by atoms with Crippen molar-refractivity contribution in [1.29, 1.82) is 0 Å². The minimum atomic E-state index is 0.517. The highest BCUT2D eigenvalue weighted by Crippen LogP contribution is 2.17. The summed E-state index contributed by atoms with van der Waals surface area (Å²) < 4.78 is 5.51. The maximum Gasteiger partial charge on any atom is 0.191 e. The van der Waals surface area contributed by atoms with Gasteiger partial charge in [0, 0.05) is 50.6 Å². The Morgan fingerprint density at radius 2 is 2.00 bits per heavy atom. The topological polar surface area (TPSA) is 61.8 Å². The van der Waals surface area contributed by atoms with Gasteiger partial charge < -0.3 is 15.4 Å². The van der Waals surface area contributed by atoms with Crippen LogP contribution >= 0.6 is 11.3 Å². The van der Waals surface area contributed by atoms with Crippen molar-refractivity contribution in [3.05, 3.63) is 15.6 Å². The van der Waals surface area contributed by atoms with E-state index in [1.54, 1.807) is 11.3 Å². The number of aryl methyl sites for hydroxylation is 2. The smallest absolute Gasteiger partial charge is 0.191 e. The number of nitrogens with zero attached hydrogens (tertiary/aromatic N) is 3. The van der Waals surface area contributed by atoms with Crippen LogP contribution in [0.2, 0.25) is 0 Å². The van der Waals surface area contributed by atoms with E-state index in [-0.39, 0.29) is 0 Å².